The van der Waals surface area contributed by atoms with Crippen LogP contribution in [-0.2, 0) is 21.1 Å². The molecule has 0 bridgehead atoms. The number of hydrogen-bond donors (Lipinski definition) is 1. The summed E-state index contributed by atoms with van der Waals surface area (Å²) in [6, 6.07) is 7.08. The van der Waals surface area contributed by atoms with Crippen molar-refractivity contribution in [3.05, 3.63) is 34.3 Å². The highest BCUT2D eigenvalue weighted by Crippen LogP contribution is 2.11. The van der Waals surface area contributed by atoms with Crippen LogP contribution in [-0.4, -0.2) is 8.42 Å². The van der Waals surface area contributed by atoms with Crippen LogP contribution in [0.25, 0.3) is 0 Å². The zero-order chi connectivity index (χ0) is 9.90. The standard InChI is InChI=1S/C7H8BrNO3S/c8-7-3-1-6(2-4-7)5-12-13(9,10)11/h1-4H,5H2,(H2,9,10,11). The summed E-state index contributed by atoms with van der Waals surface area (Å²) in [5, 5.41) is 4.65. The molecule has 0 fully saturated rings. The minimum absolute atomic E-state index is 0.0356. The van der Waals surface area contributed by atoms with Gasteiger partial charge >= 0.3 is 10.3 Å². The number of nitrogens with two attached hydrogens (primary N) is 1. The van der Waals surface area contributed by atoms with Crippen LogP contribution >= 0.6 is 15.9 Å². The van der Waals surface area contributed by atoms with Gasteiger partial charge in [-0.1, -0.05) is 28.1 Å². The van der Waals surface area contributed by atoms with E-state index >= 15 is 0 Å². The summed E-state index contributed by atoms with van der Waals surface area (Å²) < 4.78 is 26.1. The number of hydrogen-bond acceptors (Lipinski definition) is 3. The van der Waals surface area contributed by atoms with Gasteiger partial charge in [0.2, 0.25) is 0 Å². The summed E-state index contributed by atoms with van der Waals surface area (Å²) in [6.45, 7) is -0.0356. The molecule has 1 aromatic rings. The summed E-state index contributed by atoms with van der Waals surface area (Å²) in [7, 11) is -3.84. The lowest BCUT2D eigenvalue weighted by Gasteiger charge is -2.00. The molecule has 2 N–H and O–H groups in total. The Morgan fingerprint density at radius 3 is 2.31 bits per heavy atom. The molecular weight excluding hydrogens is 258 g/mol. The van der Waals surface area contributed by atoms with Crippen molar-refractivity contribution in [2.75, 3.05) is 0 Å². The van der Waals surface area contributed by atoms with Crippen molar-refractivity contribution in [2.45, 2.75) is 6.61 Å². The minimum Gasteiger partial charge on any atom is -0.253 e. The van der Waals surface area contributed by atoms with Crippen LogP contribution in [0, 0.1) is 0 Å². The van der Waals surface area contributed by atoms with Gasteiger partial charge in [-0.25, -0.2) is 5.14 Å². The molecule has 0 aliphatic rings. The first kappa shape index (κ1) is 10.6. The maximum absolute atomic E-state index is 10.4. The molecule has 0 aliphatic heterocycles. The summed E-state index contributed by atoms with van der Waals surface area (Å²) in [4.78, 5) is 0. The van der Waals surface area contributed by atoms with Crippen molar-refractivity contribution < 1.29 is 12.6 Å². The van der Waals surface area contributed by atoms with Crippen LogP contribution in [0.15, 0.2) is 28.7 Å². The first-order valence-electron chi connectivity index (χ1n) is 3.39. The normalized spacial score (nSPS) is 11.5. The van der Waals surface area contributed by atoms with E-state index in [0.717, 1.165) is 10.0 Å². The molecule has 1 aromatic carbocycles. The lowest BCUT2D eigenvalue weighted by Crippen LogP contribution is -2.15. The van der Waals surface area contributed by atoms with Crippen LogP contribution in [0.5, 0.6) is 0 Å². The van der Waals surface area contributed by atoms with E-state index in [4.69, 9.17) is 0 Å². The Hall–Kier alpha value is -0.430. The highest BCUT2D eigenvalue weighted by molar-refractivity contribution is 9.10. The topological polar surface area (TPSA) is 69.4 Å². The maximum Gasteiger partial charge on any atom is 0.333 e. The molecular formula is C7H8BrNO3S. The Morgan fingerprint density at radius 1 is 1.31 bits per heavy atom. The first-order chi connectivity index (χ1) is 5.97. The Balaban J connectivity index is 2.61. The molecule has 72 valence electrons. The van der Waals surface area contributed by atoms with Gasteiger partial charge in [0.05, 0.1) is 6.61 Å². The van der Waals surface area contributed by atoms with Crippen LogP contribution in [0.2, 0.25) is 0 Å². The monoisotopic (exact) mass is 265 g/mol. The molecule has 0 aromatic heterocycles. The molecule has 0 unspecified atom stereocenters. The second kappa shape index (κ2) is 4.19. The van der Waals surface area contributed by atoms with Gasteiger partial charge in [-0.05, 0) is 17.7 Å². The van der Waals surface area contributed by atoms with Crippen LogP contribution in [0.4, 0.5) is 0 Å². The molecule has 6 heteroatoms. The zero-order valence-electron chi connectivity index (χ0n) is 6.60. The predicted octanol–water partition coefficient (Wildman–Crippen LogP) is 1.17. The smallest absolute Gasteiger partial charge is 0.253 e. The van der Waals surface area contributed by atoms with E-state index < -0.39 is 10.3 Å². The summed E-state index contributed by atoms with van der Waals surface area (Å²) in [6.07, 6.45) is 0. The second-order valence-electron chi connectivity index (χ2n) is 2.38. The van der Waals surface area contributed by atoms with Crippen molar-refractivity contribution in [1.29, 1.82) is 0 Å². The summed E-state index contributed by atoms with van der Waals surface area (Å²) in [5.41, 5.74) is 0.747. The Morgan fingerprint density at radius 2 is 1.85 bits per heavy atom. The Bertz CT molecular complexity index is 373. The third-order valence-electron chi connectivity index (χ3n) is 1.30. The average Bonchev–Trinajstić information content (AvgIpc) is 2.02. The van der Waals surface area contributed by atoms with Gasteiger partial charge in [0.1, 0.15) is 0 Å². The summed E-state index contributed by atoms with van der Waals surface area (Å²) in [5.74, 6) is 0. The zero-order valence-corrected chi connectivity index (χ0v) is 9.01. The van der Waals surface area contributed by atoms with Crippen molar-refractivity contribution in [2.24, 2.45) is 5.14 Å². The number of rotatable bonds is 3. The molecule has 1 rings (SSSR count). The van der Waals surface area contributed by atoms with Gasteiger partial charge in [-0.15, -0.1) is 0 Å². The average molecular weight is 266 g/mol. The quantitative estimate of drug-likeness (QED) is 0.892. The Labute approximate surface area is 85.1 Å². The van der Waals surface area contributed by atoms with E-state index in [9.17, 15) is 8.42 Å². The second-order valence-corrected chi connectivity index (χ2v) is 4.52. The van der Waals surface area contributed by atoms with Gasteiger partial charge in [0, 0.05) is 4.47 Å². The molecule has 0 atom stereocenters. The molecule has 13 heavy (non-hydrogen) atoms. The fourth-order valence-corrected chi connectivity index (χ4v) is 1.30. The SMILES string of the molecule is NS(=O)(=O)OCc1ccc(Br)cc1. The van der Waals surface area contributed by atoms with E-state index in [2.05, 4.69) is 25.3 Å². The third kappa shape index (κ3) is 4.37. The summed E-state index contributed by atoms with van der Waals surface area (Å²) >= 11 is 3.25. The molecule has 0 aliphatic carbocycles. The van der Waals surface area contributed by atoms with E-state index in [1.165, 1.54) is 0 Å². The number of benzene rings is 1. The molecule has 0 radical (unpaired) electrons. The molecule has 4 nitrogen and oxygen atoms in total. The van der Waals surface area contributed by atoms with E-state index in [1.54, 1.807) is 24.3 Å². The fraction of sp³-hybridized carbons (Fsp3) is 0.143. The first-order valence-corrected chi connectivity index (χ1v) is 5.65. The van der Waals surface area contributed by atoms with E-state index in [1.807, 2.05) is 0 Å². The van der Waals surface area contributed by atoms with Crippen molar-refractivity contribution >= 4 is 26.2 Å². The highest BCUT2D eigenvalue weighted by atomic mass is 79.9. The molecule has 0 spiro atoms. The molecule has 0 heterocycles. The molecule has 0 saturated heterocycles. The predicted molar refractivity (Wildman–Crippen MR) is 52.0 cm³/mol. The minimum atomic E-state index is -3.84. The highest BCUT2D eigenvalue weighted by Gasteiger charge is 2.02. The van der Waals surface area contributed by atoms with Gasteiger partial charge in [-0.3, -0.25) is 4.18 Å². The van der Waals surface area contributed by atoms with E-state index in [-0.39, 0.29) is 6.61 Å². The van der Waals surface area contributed by atoms with Gasteiger partial charge < -0.3 is 0 Å². The fourth-order valence-electron chi connectivity index (χ4n) is 0.731. The lowest BCUT2D eigenvalue weighted by atomic mass is 10.2. The van der Waals surface area contributed by atoms with Crippen LogP contribution < -0.4 is 5.14 Å². The number of halogens is 1. The van der Waals surface area contributed by atoms with E-state index in [0.29, 0.717) is 0 Å². The molecule has 0 amide bonds. The van der Waals surface area contributed by atoms with Crippen molar-refractivity contribution in [3.63, 3.8) is 0 Å². The Kier molecular flexibility index (Phi) is 3.43. The van der Waals surface area contributed by atoms with Gasteiger partial charge in [-0.2, -0.15) is 8.42 Å². The third-order valence-corrected chi connectivity index (χ3v) is 2.28. The molecule has 0 saturated carbocycles. The van der Waals surface area contributed by atoms with Gasteiger partial charge in [0.25, 0.3) is 0 Å². The maximum atomic E-state index is 10.4. The van der Waals surface area contributed by atoms with Crippen LogP contribution in [0.3, 0.4) is 0 Å². The lowest BCUT2D eigenvalue weighted by molar-refractivity contribution is 0.308. The largest absolute Gasteiger partial charge is 0.333 e. The van der Waals surface area contributed by atoms with Crippen LogP contribution in [0.1, 0.15) is 5.56 Å². The van der Waals surface area contributed by atoms with Gasteiger partial charge in [0.15, 0.2) is 0 Å². The van der Waals surface area contributed by atoms with Crippen molar-refractivity contribution in [1.82, 2.24) is 0 Å². The van der Waals surface area contributed by atoms with Crippen molar-refractivity contribution in [3.8, 4) is 0 Å².